The number of rotatable bonds is 4. The second-order valence-electron chi connectivity index (χ2n) is 5.68. The van der Waals surface area contributed by atoms with Crippen molar-refractivity contribution in [1.82, 2.24) is 10.2 Å². The Bertz CT molecular complexity index is 984. The van der Waals surface area contributed by atoms with Gasteiger partial charge >= 0.3 is 0 Å². The van der Waals surface area contributed by atoms with Gasteiger partial charge in [0.2, 0.25) is 0 Å². The molecule has 0 saturated carbocycles. The number of hydrogen-bond donors (Lipinski definition) is 0. The van der Waals surface area contributed by atoms with Crippen LogP contribution < -0.4 is 0 Å². The predicted molar refractivity (Wildman–Crippen MR) is 106 cm³/mol. The van der Waals surface area contributed by atoms with Crippen molar-refractivity contribution in [2.75, 3.05) is 0 Å². The highest BCUT2D eigenvalue weighted by Crippen LogP contribution is 2.31. The average Bonchev–Trinajstić information content (AvgIpc) is 3.19. The number of nitrogens with zero attached hydrogens (tertiary/aromatic N) is 2. The molecule has 0 aliphatic heterocycles. The topological polar surface area (TPSA) is 25.8 Å². The highest BCUT2D eigenvalue weighted by molar-refractivity contribution is 7.17. The summed E-state index contributed by atoms with van der Waals surface area (Å²) in [7, 11) is 0. The quantitative estimate of drug-likeness (QED) is 0.443. The highest BCUT2D eigenvalue weighted by atomic mass is 32.1. The van der Waals surface area contributed by atoms with Gasteiger partial charge in [0.05, 0.1) is 0 Å². The standard InChI is InChI=1S/C22H16N2S/c1-2-16-8-10-17(11-9-16)18-12-14-20(15-13-18)22-24-23-21(25-22)19-6-4-3-5-7-19/h2-15H,1H2. The predicted octanol–water partition coefficient (Wildman–Crippen LogP) is 6.18. The van der Waals surface area contributed by atoms with Crippen LogP contribution in [0.2, 0.25) is 0 Å². The minimum absolute atomic E-state index is 0.937. The Kier molecular flexibility index (Phi) is 4.23. The Morgan fingerprint density at radius 3 is 1.64 bits per heavy atom. The maximum absolute atomic E-state index is 4.35. The van der Waals surface area contributed by atoms with E-state index >= 15 is 0 Å². The zero-order valence-electron chi connectivity index (χ0n) is 13.6. The molecule has 120 valence electrons. The van der Waals surface area contributed by atoms with Crippen molar-refractivity contribution >= 4 is 17.4 Å². The van der Waals surface area contributed by atoms with Gasteiger partial charge in [0.25, 0.3) is 0 Å². The average molecular weight is 340 g/mol. The Hall–Kier alpha value is -3.04. The molecule has 25 heavy (non-hydrogen) atoms. The van der Waals surface area contributed by atoms with Crippen molar-refractivity contribution in [1.29, 1.82) is 0 Å². The third-order valence-corrected chi connectivity index (χ3v) is 5.08. The second kappa shape index (κ2) is 6.83. The molecule has 3 heteroatoms. The molecule has 1 heterocycles. The molecule has 0 saturated heterocycles. The monoisotopic (exact) mass is 340 g/mol. The van der Waals surface area contributed by atoms with E-state index in [4.69, 9.17) is 0 Å². The van der Waals surface area contributed by atoms with Crippen LogP contribution in [-0.4, -0.2) is 10.2 Å². The first kappa shape index (κ1) is 15.5. The van der Waals surface area contributed by atoms with E-state index in [2.05, 4.69) is 77.4 Å². The van der Waals surface area contributed by atoms with Gasteiger partial charge in [-0.1, -0.05) is 103 Å². The van der Waals surface area contributed by atoms with Gasteiger partial charge in [0.15, 0.2) is 0 Å². The van der Waals surface area contributed by atoms with Crippen LogP contribution in [0.5, 0.6) is 0 Å². The number of hydrogen-bond acceptors (Lipinski definition) is 3. The van der Waals surface area contributed by atoms with Crippen molar-refractivity contribution < 1.29 is 0 Å². The molecule has 0 aliphatic carbocycles. The van der Waals surface area contributed by atoms with Gasteiger partial charge in [-0.05, 0) is 16.7 Å². The number of aromatic nitrogens is 2. The molecule has 0 bridgehead atoms. The molecule has 0 atom stereocenters. The lowest BCUT2D eigenvalue weighted by atomic mass is 10.0. The Morgan fingerprint density at radius 1 is 0.600 bits per heavy atom. The van der Waals surface area contributed by atoms with Gasteiger partial charge in [-0.3, -0.25) is 0 Å². The summed E-state index contributed by atoms with van der Waals surface area (Å²) in [5.74, 6) is 0. The molecule has 0 aliphatic rings. The molecule has 4 rings (SSSR count). The zero-order valence-corrected chi connectivity index (χ0v) is 14.4. The third kappa shape index (κ3) is 3.28. The highest BCUT2D eigenvalue weighted by Gasteiger charge is 2.08. The Morgan fingerprint density at radius 2 is 1.08 bits per heavy atom. The van der Waals surface area contributed by atoms with Crippen molar-refractivity contribution in [3.05, 3.63) is 91.0 Å². The van der Waals surface area contributed by atoms with Gasteiger partial charge in [-0.25, -0.2) is 0 Å². The lowest BCUT2D eigenvalue weighted by molar-refractivity contribution is 1.10. The van der Waals surface area contributed by atoms with Crippen LogP contribution >= 0.6 is 11.3 Å². The summed E-state index contributed by atoms with van der Waals surface area (Å²) in [4.78, 5) is 0. The summed E-state index contributed by atoms with van der Waals surface area (Å²) in [6.07, 6.45) is 1.85. The van der Waals surface area contributed by atoms with Gasteiger partial charge in [-0.15, -0.1) is 10.2 Å². The molecular weight excluding hydrogens is 324 g/mol. The third-order valence-electron chi connectivity index (χ3n) is 4.06. The smallest absolute Gasteiger partial charge is 0.138 e. The van der Waals surface area contributed by atoms with Gasteiger partial charge < -0.3 is 0 Å². The largest absolute Gasteiger partial charge is 0.148 e. The van der Waals surface area contributed by atoms with E-state index in [0.717, 1.165) is 26.7 Å². The molecule has 3 aromatic carbocycles. The molecule has 0 radical (unpaired) electrons. The normalized spacial score (nSPS) is 10.6. The van der Waals surface area contributed by atoms with Crippen molar-refractivity contribution in [2.24, 2.45) is 0 Å². The lowest BCUT2D eigenvalue weighted by Crippen LogP contribution is -1.81. The molecule has 0 N–H and O–H groups in total. The Labute approximate surface area is 151 Å². The van der Waals surface area contributed by atoms with Crippen LogP contribution in [0.4, 0.5) is 0 Å². The molecule has 4 aromatic rings. The van der Waals surface area contributed by atoms with E-state index in [9.17, 15) is 0 Å². The van der Waals surface area contributed by atoms with E-state index in [1.165, 1.54) is 11.1 Å². The SMILES string of the molecule is C=Cc1ccc(-c2ccc(-c3nnc(-c4ccccc4)s3)cc2)cc1. The minimum atomic E-state index is 0.937. The summed E-state index contributed by atoms with van der Waals surface area (Å²) in [5, 5.41) is 10.5. The molecule has 0 amide bonds. The Balaban J connectivity index is 1.60. The van der Waals surface area contributed by atoms with E-state index < -0.39 is 0 Å². The van der Waals surface area contributed by atoms with Gasteiger partial charge in [-0.2, -0.15) is 0 Å². The van der Waals surface area contributed by atoms with Gasteiger partial charge in [0, 0.05) is 11.1 Å². The molecule has 1 aromatic heterocycles. The van der Waals surface area contributed by atoms with Crippen LogP contribution in [0.1, 0.15) is 5.56 Å². The van der Waals surface area contributed by atoms with E-state index in [-0.39, 0.29) is 0 Å². The summed E-state index contributed by atoms with van der Waals surface area (Å²) >= 11 is 1.61. The fourth-order valence-corrected chi connectivity index (χ4v) is 3.51. The fourth-order valence-electron chi connectivity index (χ4n) is 2.65. The summed E-state index contributed by atoms with van der Waals surface area (Å²) in [6, 6.07) is 27.0. The van der Waals surface area contributed by atoms with Gasteiger partial charge in [0.1, 0.15) is 10.0 Å². The van der Waals surface area contributed by atoms with Crippen LogP contribution in [0.15, 0.2) is 85.4 Å². The molecule has 2 nitrogen and oxygen atoms in total. The number of benzene rings is 3. The maximum Gasteiger partial charge on any atom is 0.148 e. The molecular formula is C22H16N2S. The molecule has 0 fully saturated rings. The maximum atomic E-state index is 4.35. The van der Waals surface area contributed by atoms with Crippen molar-refractivity contribution in [3.63, 3.8) is 0 Å². The second-order valence-corrected chi connectivity index (χ2v) is 6.66. The van der Waals surface area contributed by atoms with Crippen LogP contribution in [0.25, 0.3) is 38.3 Å². The van der Waals surface area contributed by atoms with E-state index in [1.54, 1.807) is 11.3 Å². The van der Waals surface area contributed by atoms with E-state index in [1.807, 2.05) is 24.3 Å². The van der Waals surface area contributed by atoms with E-state index in [0.29, 0.717) is 0 Å². The summed E-state index contributed by atoms with van der Waals surface area (Å²) in [5.41, 5.74) is 5.70. The lowest BCUT2D eigenvalue weighted by Gasteiger charge is -2.03. The van der Waals surface area contributed by atoms with Crippen molar-refractivity contribution in [2.45, 2.75) is 0 Å². The first-order valence-corrected chi connectivity index (χ1v) is 8.87. The molecule has 0 unspecified atom stereocenters. The summed E-state index contributed by atoms with van der Waals surface area (Å²) in [6.45, 7) is 3.79. The van der Waals surface area contributed by atoms with Crippen LogP contribution in [-0.2, 0) is 0 Å². The summed E-state index contributed by atoms with van der Waals surface area (Å²) < 4.78 is 0. The zero-order chi connectivity index (χ0) is 17.1. The molecule has 0 spiro atoms. The first-order valence-electron chi connectivity index (χ1n) is 8.06. The minimum Gasteiger partial charge on any atom is -0.138 e. The fraction of sp³-hybridized carbons (Fsp3) is 0. The van der Waals surface area contributed by atoms with Crippen LogP contribution in [0.3, 0.4) is 0 Å². The van der Waals surface area contributed by atoms with Crippen molar-refractivity contribution in [3.8, 4) is 32.3 Å². The van der Waals surface area contributed by atoms with Crippen LogP contribution in [0, 0.1) is 0 Å². The first-order chi connectivity index (χ1) is 12.3.